The zero-order valence-electron chi connectivity index (χ0n) is 45.9. The number of fused-ring (bicyclic) bond motifs is 16. The van der Waals surface area contributed by atoms with Gasteiger partial charge in [0, 0.05) is 135 Å². The van der Waals surface area contributed by atoms with E-state index in [-0.39, 0.29) is 156 Å². The maximum Gasteiger partial charge on any atom is 0.255 e. The van der Waals surface area contributed by atoms with Crippen molar-refractivity contribution in [1.29, 1.82) is 0 Å². The van der Waals surface area contributed by atoms with Crippen molar-refractivity contribution in [1.82, 2.24) is 62.1 Å². The average molecular weight is 1130 g/mol. The second-order valence-electron chi connectivity index (χ2n) is 20.2. The molecule has 8 rings (SSSR count). The molecule has 0 saturated carbocycles. The molecule has 8 amide bonds. The van der Waals surface area contributed by atoms with Crippen LogP contribution in [0.1, 0.15) is 109 Å². The third-order valence-electron chi connectivity index (χ3n) is 14.6. The fraction of sp³-hybridized carbons (Fsp3) is 0.439. The lowest BCUT2D eigenvalue weighted by Gasteiger charge is -2.31. The Morgan fingerprint density at radius 2 is 0.683 bits per heavy atom. The number of amides is 8. The largest absolute Gasteiger partial charge is 0.871 e. The highest BCUT2D eigenvalue weighted by Gasteiger charge is 2.26. The van der Waals surface area contributed by atoms with E-state index in [0.717, 1.165) is 0 Å². The lowest BCUT2D eigenvalue weighted by atomic mass is 10.0. The van der Waals surface area contributed by atoms with Crippen molar-refractivity contribution in [2.45, 2.75) is 31.7 Å². The van der Waals surface area contributed by atoms with E-state index < -0.39 is 76.3 Å². The van der Waals surface area contributed by atoms with Gasteiger partial charge in [0.1, 0.15) is 17.2 Å². The molecule has 0 saturated heterocycles. The lowest BCUT2D eigenvalue weighted by molar-refractivity contribution is -0.269. The first-order chi connectivity index (χ1) is 39.6. The maximum atomic E-state index is 14.2. The fourth-order valence-corrected chi connectivity index (χ4v) is 9.95. The Kier molecular flexibility index (Phi) is 22.8. The summed E-state index contributed by atoms with van der Waals surface area (Å²) in [4.78, 5) is 118. The molecule has 82 heavy (non-hydrogen) atoms. The molecule has 0 spiro atoms. The summed E-state index contributed by atoms with van der Waals surface area (Å²) in [6, 6.07) is 16.4. The Bertz CT molecular complexity index is 2940. The van der Waals surface area contributed by atoms with Gasteiger partial charge in [0.05, 0.1) is 33.4 Å². The van der Waals surface area contributed by atoms with Crippen LogP contribution in [0.5, 0.6) is 23.0 Å². The van der Waals surface area contributed by atoms with Crippen molar-refractivity contribution in [3.8, 4) is 23.0 Å². The summed E-state index contributed by atoms with van der Waals surface area (Å²) in [6.07, 6.45) is 1.98. The summed E-state index contributed by atoms with van der Waals surface area (Å²) >= 11 is 0. The van der Waals surface area contributed by atoms with Crippen molar-refractivity contribution in [3.05, 3.63) is 117 Å². The van der Waals surface area contributed by atoms with E-state index in [2.05, 4.69) is 42.5 Å². The molecule has 4 aromatic rings. The Balaban J connectivity index is 1.32. The van der Waals surface area contributed by atoms with Gasteiger partial charge in [-0.25, -0.2) is 0 Å². The van der Waals surface area contributed by atoms with E-state index in [1.807, 2.05) is 19.6 Å². The number of nitrogens with two attached hydrogens (primary N) is 1. The molecule has 4 aromatic carbocycles. The van der Waals surface area contributed by atoms with Crippen molar-refractivity contribution in [3.63, 3.8) is 0 Å². The first-order valence-electron chi connectivity index (χ1n) is 27.8. The van der Waals surface area contributed by atoms with Gasteiger partial charge in [0.2, 0.25) is 0 Å². The molecule has 13 N–H and O–H groups in total. The predicted octanol–water partition coefficient (Wildman–Crippen LogP) is -1.05. The third-order valence-corrected chi connectivity index (χ3v) is 14.6. The molecule has 5 atom stereocenters. The number of rotatable bonds is 4. The summed E-state index contributed by atoms with van der Waals surface area (Å²) in [7, 11) is 0. The van der Waals surface area contributed by atoms with Gasteiger partial charge >= 0.3 is 0 Å². The number of phenolic OH excluding ortho intramolecular Hbond substituents is 3. The first kappa shape index (κ1) is 61.3. The van der Waals surface area contributed by atoms with Crippen LogP contribution in [0.3, 0.4) is 0 Å². The van der Waals surface area contributed by atoms with Crippen LogP contribution in [0.15, 0.2) is 72.8 Å². The van der Waals surface area contributed by atoms with Crippen molar-refractivity contribution >= 4 is 47.3 Å². The number of nitrogens with one attached hydrogen (secondary N) is 8. The van der Waals surface area contributed by atoms with E-state index in [4.69, 9.17) is 5.73 Å². The summed E-state index contributed by atoms with van der Waals surface area (Å²) in [5.41, 5.74) is 4.62. The molecule has 0 aliphatic carbocycles. The van der Waals surface area contributed by atoms with Crippen LogP contribution < -0.4 is 53.4 Å². The number of phenols is 3. The van der Waals surface area contributed by atoms with Crippen molar-refractivity contribution in [2.24, 2.45) is 5.73 Å². The normalized spacial score (nSPS) is 22.2. The predicted molar refractivity (Wildman–Crippen MR) is 301 cm³/mol. The highest BCUT2D eigenvalue weighted by molar-refractivity contribution is 6.06. The highest BCUT2D eigenvalue weighted by Crippen LogP contribution is 2.26. The summed E-state index contributed by atoms with van der Waals surface area (Å²) in [5, 5.41) is 70.8. The van der Waals surface area contributed by atoms with Crippen LogP contribution in [0.4, 0.5) is 0 Å². The van der Waals surface area contributed by atoms with E-state index in [0.29, 0.717) is 45.3 Å². The minimum absolute atomic E-state index is 0.0108. The monoisotopic (exact) mass is 1130 g/mol. The Morgan fingerprint density at radius 3 is 1.05 bits per heavy atom. The van der Waals surface area contributed by atoms with Gasteiger partial charge in [-0.1, -0.05) is 48.6 Å². The van der Waals surface area contributed by atoms with E-state index in [1.165, 1.54) is 72.8 Å². The van der Waals surface area contributed by atoms with Gasteiger partial charge in [-0.2, -0.15) is 0 Å². The van der Waals surface area contributed by atoms with Gasteiger partial charge in [0.25, 0.3) is 47.3 Å². The molecule has 5 unspecified atom stereocenters. The Hall–Kier alpha value is -8.36. The Morgan fingerprint density at radius 1 is 0.390 bits per heavy atom. The number of carbonyl (C=O) groups is 8. The quantitative estimate of drug-likeness (QED) is 0.109. The van der Waals surface area contributed by atoms with Gasteiger partial charge in [-0.15, -0.1) is 0 Å². The van der Waals surface area contributed by atoms with Crippen LogP contribution in [-0.4, -0.2) is 219 Å². The van der Waals surface area contributed by atoms with Gasteiger partial charge < -0.3 is 73.6 Å². The zero-order valence-corrected chi connectivity index (χ0v) is 45.9. The molecule has 4 aliphatic heterocycles. The third kappa shape index (κ3) is 16.9. The van der Waals surface area contributed by atoms with E-state index in [1.54, 1.807) is 0 Å². The standard InChI is InChI=1S/C57H75N13O12/c58-17-2-1-8-37-36-70-31-24-65-55(80)43-14-5-13-42(48(43)73)53(78)61-20-27-68(28-21-64-56(81)44-15-6-16-45(49(44)74)57(82)66-37)33-32-67-25-7-18-59-50(75)38-9-3-10-39(46(38)71)52(77)62-22-29-69(34-35-70)30-23-63-54(79)41-12-4-11-40(47(41)72)51(76)60-19-26-67/h3-6,9-16,37,71-74H,1-2,7-8,17-36,58H2,(H,59,75)(H,60,76)(H,61,78)(H,62,77)(H,63,79)(H,64,81)(H,65,80)(H,66,82)/p-1. The molecule has 0 aromatic heterocycles. The van der Waals surface area contributed by atoms with Crippen LogP contribution >= 0.6 is 0 Å². The minimum Gasteiger partial charge on any atom is -0.871 e. The van der Waals surface area contributed by atoms with Gasteiger partial charge in [-0.05, 0) is 68.8 Å². The lowest BCUT2D eigenvalue weighted by Crippen LogP contribution is -2.49. The fourth-order valence-electron chi connectivity index (χ4n) is 9.95. The molecule has 4 heterocycles. The Labute approximate surface area is 475 Å². The van der Waals surface area contributed by atoms with Crippen molar-refractivity contribution in [2.75, 3.05) is 131 Å². The highest BCUT2D eigenvalue weighted by atomic mass is 16.3. The SMILES string of the molecule is NCCCCC1CN2CCNC(=O)c3cccc(c3[O-])C(=O)NCCN(CCNC(=O)c3cccc(c3O)C(=O)N1)CCN1CCCNC(=O)c3cccc(c3O)C(=O)NCCN(CCNC(=O)c3cccc(c3O)C(=O)NCC1)CC2. The number of unbranched alkanes of at least 4 members (excludes halogenated alkanes) is 1. The molecular formula is C57H74N13O12-. The second-order valence-corrected chi connectivity index (χ2v) is 20.2. The number of carbonyl (C=O) groups excluding carboxylic acids is 8. The number of benzene rings is 4. The van der Waals surface area contributed by atoms with E-state index in [9.17, 15) is 58.8 Å². The first-order valence-corrected chi connectivity index (χ1v) is 27.8. The molecule has 440 valence electrons. The summed E-state index contributed by atoms with van der Waals surface area (Å²) in [5.74, 6) is -7.62. The summed E-state index contributed by atoms with van der Waals surface area (Å²) < 4.78 is 0. The topological polar surface area (TPSA) is 356 Å². The maximum absolute atomic E-state index is 14.2. The van der Waals surface area contributed by atoms with Gasteiger partial charge in [0.15, 0.2) is 0 Å². The number of nitrogens with zero attached hydrogens (tertiary/aromatic N) is 4. The number of para-hydroxylation sites is 4. The molecule has 12 bridgehead atoms. The second kappa shape index (κ2) is 30.5. The number of hydrogen-bond donors (Lipinski definition) is 12. The van der Waals surface area contributed by atoms with E-state index >= 15 is 0 Å². The summed E-state index contributed by atoms with van der Waals surface area (Å²) in [6.45, 7) is 3.27. The molecule has 0 fully saturated rings. The van der Waals surface area contributed by atoms with Crippen molar-refractivity contribution < 1.29 is 58.8 Å². The smallest absolute Gasteiger partial charge is 0.255 e. The molecule has 0 radical (unpaired) electrons. The molecule has 4 aliphatic rings. The number of aromatic hydroxyl groups is 3. The van der Waals surface area contributed by atoms with Crippen LogP contribution in [-0.2, 0) is 0 Å². The van der Waals surface area contributed by atoms with Gasteiger partial charge in [-0.3, -0.25) is 53.1 Å². The van der Waals surface area contributed by atoms with Crippen LogP contribution in [0.2, 0.25) is 0 Å². The molecular weight excluding hydrogens is 1060 g/mol. The molecule has 25 nitrogen and oxygen atoms in total. The zero-order chi connectivity index (χ0) is 58.5. The van der Waals surface area contributed by atoms with Crippen LogP contribution in [0, 0.1) is 0 Å². The van der Waals surface area contributed by atoms with Crippen LogP contribution in [0.25, 0.3) is 0 Å². The average Bonchev–Trinajstić information content (AvgIpc) is 3.65. The molecule has 25 heteroatoms. The number of hydrogen-bond acceptors (Lipinski definition) is 17. The minimum atomic E-state index is -0.772.